The van der Waals surface area contributed by atoms with E-state index in [-0.39, 0.29) is 24.3 Å². The van der Waals surface area contributed by atoms with E-state index in [1.807, 2.05) is 36.4 Å². The molecule has 0 saturated heterocycles. The van der Waals surface area contributed by atoms with Crippen LogP contribution in [0.1, 0.15) is 29.2 Å². The van der Waals surface area contributed by atoms with Crippen molar-refractivity contribution in [3.63, 3.8) is 0 Å². The van der Waals surface area contributed by atoms with E-state index in [4.69, 9.17) is 4.42 Å². The Morgan fingerprint density at radius 3 is 2.75 bits per heavy atom. The number of carbonyl (C=O) groups excluding carboxylic acids is 1. The van der Waals surface area contributed by atoms with E-state index in [0.29, 0.717) is 6.54 Å². The van der Waals surface area contributed by atoms with Crippen LogP contribution in [0.5, 0.6) is 0 Å². The number of nitrogens with one attached hydrogen (secondary N) is 1. The molecule has 104 valence electrons. The molecule has 4 heteroatoms. The van der Waals surface area contributed by atoms with E-state index in [1.54, 1.807) is 6.26 Å². The first-order valence-electron chi connectivity index (χ1n) is 6.78. The molecule has 1 aromatic carbocycles. The minimum Gasteiger partial charge on any atom is -0.469 e. The Morgan fingerprint density at radius 2 is 2.05 bits per heavy atom. The largest absolute Gasteiger partial charge is 0.469 e. The van der Waals surface area contributed by atoms with E-state index in [2.05, 4.69) is 5.32 Å². The number of benzene rings is 1. The monoisotopic (exact) mass is 271 g/mol. The van der Waals surface area contributed by atoms with Crippen molar-refractivity contribution >= 4 is 5.91 Å². The molecule has 1 amide bonds. The lowest BCUT2D eigenvalue weighted by Gasteiger charge is -2.08. The maximum atomic E-state index is 12.1. The van der Waals surface area contributed by atoms with Gasteiger partial charge in [-0.3, -0.25) is 4.79 Å². The minimum atomic E-state index is -0.00943. The van der Waals surface area contributed by atoms with Gasteiger partial charge in [-0.15, -0.1) is 0 Å². The van der Waals surface area contributed by atoms with Crippen molar-refractivity contribution in [1.82, 2.24) is 5.32 Å². The van der Waals surface area contributed by atoms with E-state index in [1.165, 1.54) is 0 Å². The molecule has 1 aliphatic carbocycles. The fourth-order valence-electron chi connectivity index (χ4n) is 2.50. The van der Waals surface area contributed by atoms with Gasteiger partial charge >= 0.3 is 0 Å². The zero-order valence-corrected chi connectivity index (χ0v) is 11.1. The molecular formula is C16H17NO3. The highest BCUT2D eigenvalue weighted by molar-refractivity contribution is 5.82. The number of aliphatic hydroxyl groups is 1. The van der Waals surface area contributed by atoms with Crippen molar-refractivity contribution < 1.29 is 14.3 Å². The molecule has 1 saturated carbocycles. The Kier molecular flexibility index (Phi) is 3.56. The van der Waals surface area contributed by atoms with E-state index in [9.17, 15) is 9.90 Å². The Labute approximate surface area is 117 Å². The van der Waals surface area contributed by atoms with Crippen LogP contribution in [0.2, 0.25) is 0 Å². The second-order valence-electron chi connectivity index (χ2n) is 5.11. The van der Waals surface area contributed by atoms with Crippen LogP contribution < -0.4 is 5.32 Å². The summed E-state index contributed by atoms with van der Waals surface area (Å²) in [6.07, 6.45) is 2.49. The van der Waals surface area contributed by atoms with Crippen molar-refractivity contribution in [2.24, 2.45) is 5.92 Å². The summed E-state index contributed by atoms with van der Waals surface area (Å²) in [4.78, 5) is 12.1. The van der Waals surface area contributed by atoms with Gasteiger partial charge in [0.15, 0.2) is 0 Å². The molecule has 0 radical (unpaired) electrons. The fraction of sp³-hybridized carbons (Fsp3) is 0.312. The number of rotatable bonds is 5. The molecule has 1 fully saturated rings. The summed E-state index contributed by atoms with van der Waals surface area (Å²) in [7, 11) is 0. The van der Waals surface area contributed by atoms with Crippen molar-refractivity contribution in [1.29, 1.82) is 0 Å². The first kappa shape index (κ1) is 12.9. The summed E-state index contributed by atoms with van der Waals surface area (Å²) in [5.41, 5.74) is 1.81. The van der Waals surface area contributed by atoms with Crippen LogP contribution in [0.4, 0.5) is 0 Å². The van der Waals surface area contributed by atoms with Crippen molar-refractivity contribution in [3.8, 4) is 0 Å². The van der Waals surface area contributed by atoms with Crippen LogP contribution in [-0.2, 0) is 17.9 Å². The molecule has 2 atom stereocenters. The van der Waals surface area contributed by atoms with Gasteiger partial charge in [-0.2, -0.15) is 0 Å². The zero-order chi connectivity index (χ0) is 13.9. The second kappa shape index (κ2) is 5.51. The van der Waals surface area contributed by atoms with Gasteiger partial charge in [0.1, 0.15) is 5.76 Å². The molecule has 2 aromatic rings. The van der Waals surface area contributed by atoms with E-state index < -0.39 is 0 Å². The summed E-state index contributed by atoms with van der Waals surface area (Å²) >= 11 is 0. The van der Waals surface area contributed by atoms with Crippen LogP contribution in [-0.4, -0.2) is 11.0 Å². The molecule has 1 heterocycles. The Balaban J connectivity index is 1.56. The first-order valence-corrected chi connectivity index (χ1v) is 6.78. The molecule has 2 N–H and O–H groups in total. The lowest BCUT2D eigenvalue weighted by atomic mass is 10.1. The Morgan fingerprint density at radius 1 is 1.25 bits per heavy atom. The predicted octanol–water partition coefficient (Wildman–Crippen LogP) is 2.19. The Bertz CT molecular complexity index is 592. The third kappa shape index (κ3) is 2.60. The van der Waals surface area contributed by atoms with Gasteiger partial charge in [0.25, 0.3) is 0 Å². The van der Waals surface area contributed by atoms with Crippen LogP contribution in [0.3, 0.4) is 0 Å². The van der Waals surface area contributed by atoms with E-state index in [0.717, 1.165) is 23.3 Å². The molecule has 4 nitrogen and oxygen atoms in total. The van der Waals surface area contributed by atoms with Gasteiger partial charge in [0.2, 0.25) is 5.91 Å². The smallest absolute Gasteiger partial charge is 0.224 e. The van der Waals surface area contributed by atoms with Crippen molar-refractivity contribution in [2.45, 2.75) is 25.5 Å². The summed E-state index contributed by atoms with van der Waals surface area (Å²) in [6, 6.07) is 11.3. The number of hydrogen-bond acceptors (Lipinski definition) is 3. The predicted molar refractivity (Wildman–Crippen MR) is 73.8 cm³/mol. The second-order valence-corrected chi connectivity index (χ2v) is 5.11. The molecular weight excluding hydrogens is 254 g/mol. The highest BCUT2D eigenvalue weighted by atomic mass is 16.3. The third-order valence-corrected chi connectivity index (χ3v) is 3.78. The molecule has 0 spiro atoms. The lowest BCUT2D eigenvalue weighted by Crippen LogP contribution is -2.25. The molecule has 1 aromatic heterocycles. The van der Waals surface area contributed by atoms with E-state index >= 15 is 0 Å². The van der Waals surface area contributed by atoms with Gasteiger partial charge in [-0.1, -0.05) is 24.3 Å². The molecule has 2 unspecified atom stereocenters. The normalized spacial score (nSPS) is 20.6. The van der Waals surface area contributed by atoms with Crippen LogP contribution in [0.25, 0.3) is 0 Å². The number of hydrogen-bond donors (Lipinski definition) is 2. The summed E-state index contributed by atoms with van der Waals surface area (Å²) < 4.78 is 5.32. The zero-order valence-electron chi connectivity index (χ0n) is 11.1. The van der Waals surface area contributed by atoms with Crippen LogP contribution in [0.15, 0.2) is 47.1 Å². The SMILES string of the molecule is O=C(NCc1ccccc1CO)C1CC1c1ccco1. The topological polar surface area (TPSA) is 62.5 Å². The fourth-order valence-corrected chi connectivity index (χ4v) is 2.50. The van der Waals surface area contributed by atoms with Crippen LogP contribution in [0, 0.1) is 5.92 Å². The Hall–Kier alpha value is -2.07. The standard InChI is InChI=1S/C16H17NO3/c18-10-12-5-2-1-4-11(12)9-17-16(19)14-8-13(14)15-6-3-7-20-15/h1-7,13-14,18H,8-10H2,(H,17,19). The quantitative estimate of drug-likeness (QED) is 0.876. The molecule has 3 rings (SSSR count). The van der Waals surface area contributed by atoms with Gasteiger partial charge in [-0.25, -0.2) is 0 Å². The third-order valence-electron chi connectivity index (χ3n) is 3.78. The minimum absolute atomic E-state index is 0.00943. The summed E-state index contributed by atoms with van der Waals surface area (Å²) in [5, 5.41) is 12.2. The first-order chi connectivity index (χ1) is 9.79. The van der Waals surface area contributed by atoms with Gasteiger partial charge in [0.05, 0.1) is 12.9 Å². The highest BCUT2D eigenvalue weighted by Gasteiger charge is 2.45. The highest BCUT2D eigenvalue weighted by Crippen LogP contribution is 2.47. The molecule has 20 heavy (non-hydrogen) atoms. The number of aliphatic hydroxyl groups excluding tert-OH is 1. The average Bonchev–Trinajstić information content (AvgIpc) is 3.11. The number of furan rings is 1. The van der Waals surface area contributed by atoms with Gasteiger partial charge < -0.3 is 14.8 Å². The maximum absolute atomic E-state index is 12.1. The van der Waals surface area contributed by atoms with Crippen molar-refractivity contribution in [2.75, 3.05) is 0 Å². The number of carbonyl (C=O) groups is 1. The van der Waals surface area contributed by atoms with Crippen LogP contribution >= 0.6 is 0 Å². The summed E-state index contributed by atoms with van der Waals surface area (Å²) in [6.45, 7) is 0.446. The molecule has 1 aliphatic rings. The average molecular weight is 271 g/mol. The van der Waals surface area contributed by atoms with Gasteiger partial charge in [0, 0.05) is 18.4 Å². The number of amides is 1. The lowest BCUT2D eigenvalue weighted by molar-refractivity contribution is -0.122. The molecule has 0 aliphatic heterocycles. The van der Waals surface area contributed by atoms with Gasteiger partial charge in [-0.05, 0) is 29.7 Å². The maximum Gasteiger partial charge on any atom is 0.224 e. The van der Waals surface area contributed by atoms with Crippen molar-refractivity contribution in [3.05, 3.63) is 59.5 Å². The summed E-state index contributed by atoms with van der Waals surface area (Å²) in [5.74, 6) is 1.18. The molecule has 0 bridgehead atoms.